The molecule has 1 aliphatic carbocycles. The van der Waals surface area contributed by atoms with E-state index >= 15 is 0 Å². The van der Waals surface area contributed by atoms with Crippen molar-refractivity contribution in [3.8, 4) is 5.75 Å². The van der Waals surface area contributed by atoms with Gasteiger partial charge in [0, 0.05) is 48.6 Å². The number of benzene rings is 2. The van der Waals surface area contributed by atoms with Crippen LogP contribution in [0.3, 0.4) is 0 Å². The Balaban J connectivity index is 1.16. The third-order valence-electron chi connectivity index (χ3n) is 7.19. The lowest BCUT2D eigenvalue weighted by molar-refractivity contribution is -0.132. The van der Waals surface area contributed by atoms with Crippen molar-refractivity contribution in [1.29, 1.82) is 0 Å². The van der Waals surface area contributed by atoms with E-state index in [0.717, 1.165) is 55.6 Å². The van der Waals surface area contributed by atoms with Gasteiger partial charge in [-0.05, 0) is 79.0 Å². The fraction of sp³-hybridized carbons (Fsp3) is 0.407. The number of piperidine rings is 1. The molecule has 5 heteroatoms. The molecule has 166 valence electrons. The van der Waals surface area contributed by atoms with E-state index in [1.54, 1.807) is 7.11 Å². The second kappa shape index (κ2) is 8.81. The van der Waals surface area contributed by atoms with E-state index in [0.29, 0.717) is 18.8 Å². The number of hydrogen-bond acceptors (Lipinski definition) is 3. The van der Waals surface area contributed by atoms with Gasteiger partial charge in [-0.3, -0.25) is 9.59 Å². The number of ether oxygens (including phenoxy) is 1. The second-order valence-corrected chi connectivity index (χ2v) is 9.07. The Hall–Kier alpha value is -3.08. The number of H-pyrrole nitrogens is 1. The summed E-state index contributed by atoms with van der Waals surface area (Å²) >= 11 is 0. The minimum Gasteiger partial charge on any atom is -0.497 e. The predicted octanol–water partition coefficient (Wildman–Crippen LogP) is 5.03. The van der Waals surface area contributed by atoms with Crippen molar-refractivity contribution in [2.24, 2.45) is 0 Å². The van der Waals surface area contributed by atoms with Gasteiger partial charge in [-0.15, -0.1) is 0 Å². The van der Waals surface area contributed by atoms with Crippen molar-refractivity contribution >= 4 is 22.6 Å². The Morgan fingerprint density at radius 2 is 1.84 bits per heavy atom. The summed E-state index contributed by atoms with van der Waals surface area (Å²) in [5.74, 6) is 1.46. The molecule has 0 saturated carbocycles. The van der Waals surface area contributed by atoms with Crippen molar-refractivity contribution in [1.82, 2.24) is 9.88 Å². The summed E-state index contributed by atoms with van der Waals surface area (Å²) in [6.07, 6.45) is 7.92. The summed E-state index contributed by atoms with van der Waals surface area (Å²) in [5, 5.41) is 1.20. The van der Waals surface area contributed by atoms with E-state index in [2.05, 4.69) is 23.3 Å². The van der Waals surface area contributed by atoms with E-state index in [9.17, 15) is 9.59 Å². The number of rotatable bonds is 6. The van der Waals surface area contributed by atoms with Gasteiger partial charge in [-0.2, -0.15) is 0 Å². The zero-order valence-corrected chi connectivity index (χ0v) is 18.7. The largest absolute Gasteiger partial charge is 0.497 e. The SMILES string of the molecule is COc1ccc2[nH]cc(C3CCN(C(=O)CCC(=O)c4ccc5c(c4)CCC5)CC3)c2c1. The molecule has 1 aliphatic heterocycles. The van der Waals surface area contributed by atoms with Crippen LogP contribution in [0.1, 0.15) is 65.1 Å². The first kappa shape index (κ1) is 20.8. The van der Waals surface area contributed by atoms with Crippen LogP contribution in [0.4, 0.5) is 0 Å². The highest BCUT2D eigenvalue weighted by Crippen LogP contribution is 2.35. The van der Waals surface area contributed by atoms with Crippen LogP contribution in [0.15, 0.2) is 42.6 Å². The molecule has 0 atom stereocenters. The van der Waals surface area contributed by atoms with Crippen LogP contribution in [0.5, 0.6) is 5.75 Å². The molecule has 2 aromatic carbocycles. The number of nitrogens with zero attached hydrogens (tertiary/aromatic N) is 1. The summed E-state index contributed by atoms with van der Waals surface area (Å²) in [4.78, 5) is 30.7. The zero-order valence-electron chi connectivity index (χ0n) is 18.7. The van der Waals surface area contributed by atoms with E-state index in [-0.39, 0.29) is 11.7 Å². The quantitative estimate of drug-likeness (QED) is 0.558. The Morgan fingerprint density at radius 1 is 1.03 bits per heavy atom. The number of nitrogens with one attached hydrogen (secondary N) is 1. The number of carbonyl (C=O) groups is 2. The molecule has 3 aromatic rings. The minimum absolute atomic E-state index is 0.0793. The van der Waals surface area contributed by atoms with Gasteiger partial charge in [0.05, 0.1) is 7.11 Å². The highest BCUT2D eigenvalue weighted by molar-refractivity contribution is 5.98. The van der Waals surface area contributed by atoms with Crippen LogP contribution in [-0.2, 0) is 17.6 Å². The number of methoxy groups -OCH3 is 1. The molecule has 0 spiro atoms. The molecule has 0 bridgehead atoms. The average Bonchev–Trinajstić information content (AvgIpc) is 3.48. The van der Waals surface area contributed by atoms with Crippen LogP contribution in [0.25, 0.3) is 10.9 Å². The molecule has 0 radical (unpaired) electrons. The van der Waals surface area contributed by atoms with Gasteiger partial charge >= 0.3 is 0 Å². The molecule has 5 nitrogen and oxygen atoms in total. The molecular formula is C27H30N2O3. The van der Waals surface area contributed by atoms with Gasteiger partial charge in [0.15, 0.2) is 5.78 Å². The first-order valence-corrected chi connectivity index (χ1v) is 11.7. The highest BCUT2D eigenvalue weighted by atomic mass is 16.5. The number of Topliss-reactive ketones (excluding diaryl/α,β-unsaturated/α-hetero) is 1. The molecule has 1 saturated heterocycles. The number of hydrogen-bond donors (Lipinski definition) is 1. The van der Waals surface area contributed by atoms with Crippen LogP contribution in [0, 0.1) is 0 Å². The Morgan fingerprint density at radius 3 is 2.66 bits per heavy atom. The van der Waals surface area contributed by atoms with Gasteiger partial charge < -0.3 is 14.6 Å². The maximum atomic E-state index is 12.8. The molecule has 1 N–H and O–H groups in total. The fourth-order valence-corrected chi connectivity index (χ4v) is 5.29. The standard InChI is InChI=1S/C27H30N2O3/c1-32-22-7-8-25-23(16-22)24(17-28-25)19-11-13-29(14-12-19)27(31)10-9-26(30)21-6-5-18-3-2-4-20(18)15-21/h5-8,15-17,19,28H,2-4,9-14H2,1H3. The number of amides is 1. The van der Waals surface area contributed by atoms with Crippen LogP contribution in [-0.4, -0.2) is 41.8 Å². The number of fused-ring (bicyclic) bond motifs is 2. The van der Waals surface area contributed by atoms with Crippen LogP contribution < -0.4 is 4.74 Å². The van der Waals surface area contributed by atoms with Gasteiger partial charge in [0.25, 0.3) is 0 Å². The van der Waals surface area contributed by atoms with Crippen LogP contribution >= 0.6 is 0 Å². The molecule has 2 heterocycles. The van der Waals surface area contributed by atoms with Crippen molar-refractivity contribution in [3.05, 3.63) is 64.8 Å². The fourth-order valence-electron chi connectivity index (χ4n) is 5.29. The summed E-state index contributed by atoms with van der Waals surface area (Å²) in [7, 11) is 1.69. The first-order valence-electron chi connectivity index (χ1n) is 11.7. The molecule has 0 unspecified atom stereocenters. The van der Waals surface area contributed by atoms with Crippen molar-refractivity contribution in [3.63, 3.8) is 0 Å². The summed E-state index contributed by atoms with van der Waals surface area (Å²) in [6, 6.07) is 12.2. The number of aryl methyl sites for hydroxylation is 2. The topological polar surface area (TPSA) is 62.4 Å². The third kappa shape index (κ3) is 4.04. The minimum atomic E-state index is 0.0793. The number of carbonyl (C=O) groups excluding carboxylic acids is 2. The summed E-state index contributed by atoms with van der Waals surface area (Å²) < 4.78 is 5.39. The molecule has 2 aliphatic rings. The van der Waals surface area contributed by atoms with Crippen molar-refractivity contribution in [2.75, 3.05) is 20.2 Å². The number of aromatic nitrogens is 1. The summed E-state index contributed by atoms with van der Waals surface area (Å²) in [5.41, 5.74) is 5.85. The lowest BCUT2D eigenvalue weighted by Crippen LogP contribution is -2.38. The smallest absolute Gasteiger partial charge is 0.223 e. The van der Waals surface area contributed by atoms with Gasteiger partial charge in [0.2, 0.25) is 5.91 Å². The van der Waals surface area contributed by atoms with Gasteiger partial charge in [-0.25, -0.2) is 0 Å². The molecule has 32 heavy (non-hydrogen) atoms. The van der Waals surface area contributed by atoms with Gasteiger partial charge in [-0.1, -0.05) is 12.1 Å². The molecule has 1 fully saturated rings. The molecule has 5 rings (SSSR count). The Kier molecular flexibility index (Phi) is 5.73. The average molecular weight is 431 g/mol. The maximum absolute atomic E-state index is 12.8. The van der Waals surface area contributed by atoms with E-state index in [1.165, 1.54) is 28.5 Å². The van der Waals surface area contributed by atoms with Crippen molar-refractivity contribution in [2.45, 2.75) is 50.9 Å². The number of aromatic amines is 1. The third-order valence-corrected chi connectivity index (χ3v) is 7.19. The van der Waals surface area contributed by atoms with Crippen molar-refractivity contribution < 1.29 is 14.3 Å². The highest BCUT2D eigenvalue weighted by Gasteiger charge is 2.26. The normalized spacial score (nSPS) is 16.3. The number of likely N-dealkylation sites (tertiary alicyclic amines) is 1. The maximum Gasteiger partial charge on any atom is 0.223 e. The Labute approximate surface area is 188 Å². The molecule has 1 aromatic heterocycles. The predicted molar refractivity (Wildman–Crippen MR) is 125 cm³/mol. The van der Waals surface area contributed by atoms with Crippen LogP contribution in [0.2, 0.25) is 0 Å². The monoisotopic (exact) mass is 430 g/mol. The lowest BCUT2D eigenvalue weighted by atomic mass is 9.89. The van der Waals surface area contributed by atoms with Gasteiger partial charge in [0.1, 0.15) is 5.75 Å². The first-order chi connectivity index (χ1) is 15.6. The molecular weight excluding hydrogens is 400 g/mol. The van der Waals surface area contributed by atoms with E-state index in [1.807, 2.05) is 29.2 Å². The summed E-state index contributed by atoms with van der Waals surface area (Å²) in [6.45, 7) is 1.49. The zero-order chi connectivity index (χ0) is 22.1. The molecule has 1 amide bonds. The van der Waals surface area contributed by atoms with E-state index in [4.69, 9.17) is 4.74 Å². The van der Waals surface area contributed by atoms with E-state index < -0.39 is 0 Å². The second-order valence-electron chi connectivity index (χ2n) is 9.07. The Bertz CT molecular complexity index is 1150. The number of ketones is 1. The lowest BCUT2D eigenvalue weighted by Gasteiger charge is -2.32.